The van der Waals surface area contributed by atoms with E-state index in [2.05, 4.69) is 5.32 Å². The lowest BCUT2D eigenvalue weighted by Crippen LogP contribution is -2.40. The van der Waals surface area contributed by atoms with Crippen LogP contribution in [0.15, 0.2) is 30.3 Å². The zero-order valence-electron chi connectivity index (χ0n) is 13.2. The summed E-state index contributed by atoms with van der Waals surface area (Å²) in [5.41, 5.74) is 5.71. The van der Waals surface area contributed by atoms with Crippen LogP contribution in [0.25, 0.3) is 6.08 Å². The van der Waals surface area contributed by atoms with E-state index in [1.54, 1.807) is 24.3 Å². The lowest BCUT2D eigenvalue weighted by molar-refractivity contribution is -0.141. The monoisotopic (exact) mass is 336 g/mol. The minimum absolute atomic E-state index is 0.0597. The second-order valence-electron chi connectivity index (χ2n) is 4.86. The number of carbonyl (C=O) groups excluding carboxylic acids is 2. The van der Waals surface area contributed by atoms with E-state index in [9.17, 15) is 14.4 Å². The number of nitrogens with two attached hydrogens (primary N) is 1. The van der Waals surface area contributed by atoms with Crippen LogP contribution >= 0.6 is 0 Å². The highest BCUT2D eigenvalue weighted by Gasteiger charge is 2.19. The van der Waals surface area contributed by atoms with E-state index in [-0.39, 0.29) is 19.6 Å². The molecule has 0 saturated heterocycles. The van der Waals surface area contributed by atoms with Crippen molar-refractivity contribution in [1.82, 2.24) is 5.32 Å². The molecule has 1 aromatic rings. The number of aliphatic carboxylic acids is 1. The van der Waals surface area contributed by atoms with Crippen molar-refractivity contribution in [2.75, 3.05) is 13.9 Å². The summed E-state index contributed by atoms with van der Waals surface area (Å²) in [5.74, 6) is -1.80. The number of ether oxygens (including phenoxy) is 2. The molecule has 0 spiro atoms. The molecule has 0 aliphatic rings. The number of carboxylic acid groups (broad SMARTS) is 1. The van der Waals surface area contributed by atoms with E-state index in [4.69, 9.17) is 20.3 Å². The van der Waals surface area contributed by atoms with Gasteiger partial charge in [0, 0.05) is 19.6 Å². The Kier molecular flexibility index (Phi) is 8.00. The summed E-state index contributed by atoms with van der Waals surface area (Å²) >= 11 is 0. The number of primary amides is 1. The molecule has 0 aromatic heterocycles. The molecule has 0 saturated carbocycles. The number of benzene rings is 1. The molecule has 8 nitrogen and oxygen atoms in total. The Balaban J connectivity index is 2.56. The number of carboxylic acids is 1. The van der Waals surface area contributed by atoms with Crippen molar-refractivity contribution in [1.29, 1.82) is 0 Å². The van der Waals surface area contributed by atoms with Crippen molar-refractivity contribution in [2.45, 2.75) is 18.9 Å². The quantitative estimate of drug-likeness (QED) is 0.422. The van der Waals surface area contributed by atoms with Gasteiger partial charge in [-0.2, -0.15) is 0 Å². The van der Waals surface area contributed by atoms with E-state index in [0.29, 0.717) is 5.75 Å². The summed E-state index contributed by atoms with van der Waals surface area (Å²) in [4.78, 5) is 33.5. The third-order valence-electron chi connectivity index (χ3n) is 2.94. The fraction of sp³-hybridized carbons (Fsp3) is 0.312. The average Bonchev–Trinajstić information content (AvgIpc) is 2.55. The average molecular weight is 336 g/mol. The second kappa shape index (κ2) is 10.0. The number of carbonyl (C=O) groups is 3. The normalized spacial score (nSPS) is 11.9. The number of nitrogens with one attached hydrogen (secondary N) is 1. The molecule has 1 atom stereocenters. The highest BCUT2D eigenvalue weighted by atomic mass is 16.7. The van der Waals surface area contributed by atoms with Gasteiger partial charge < -0.3 is 25.6 Å². The van der Waals surface area contributed by atoms with Crippen molar-refractivity contribution in [3.8, 4) is 5.75 Å². The molecule has 0 bridgehead atoms. The third-order valence-corrected chi connectivity index (χ3v) is 2.94. The highest BCUT2D eigenvalue weighted by molar-refractivity contribution is 5.94. The van der Waals surface area contributed by atoms with Crippen molar-refractivity contribution in [3.63, 3.8) is 0 Å². The molecule has 24 heavy (non-hydrogen) atoms. The van der Waals surface area contributed by atoms with Gasteiger partial charge in [-0.3, -0.25) is 9.59 Å². The van der Waals surface area contributed by atoms with Crippen molar-refractivity contribution >= 4 is 23.9 Å². The lowest BCUT2D eigenvalue weighted by atomic mass is 10.1. The summed E-state index contributed by atoms with van der Waals surface area (Å²) < 4.78 is 10.0. The van der Waals surface area contributed by atoms with Gasteiger partial charge >= 0.3 is 5.97 Å². The third kappa shape index (κ3) is 7.41. The van der Waals surface area contributed by atoms with Crippen LogP contribution in [0.4, 0.5) is 0 Å². The summed E-state index contributed by atoms with van der Waals surface area (Å²) in [5, 5.41) is 11.3. The highest BCUT2D eigenvalue weighted by Crippen LogP contribution is 2.13. The first-order chi connectivity index (χ1) is 11.4. The van der Waals surface area contributed by atoms with Gasteiger partial charge in [0.25, 0.3) is 0 Å². The van der Waals surface area contributed by atoms with Crippen LogP contribution in [0.5, 0.6) is 5.75 Å². The standard InChI is InChI=1S/C16H20N2O6/c1-23-10-24-12-5-2-11(3-6-12)4-9-15(20)18-13(16(21)22)7-8-14(17)19/h2-6,9,13H,7-8,10H2,1H3,(H2,17,19)(H,18,20)(H,21,22)/b9-4+. The topological polar surface area (TPSA) is 128 Å². The maximum atomic E-state index is 11.8. The van der Waals surface area contributed by atoms with Crippen LogP contribution in [0.1, 0.15) is 18.4 Å². The molecule has 1 aromatic carbocycles. The first kappa shape index (κ1) is 19.2. The summed E-state index contributed by atoms with van der Waals surface area (Å²) in [7, 11) is 1.52. The van der Waals surface area contributed by atoms with Crippen LogP contribution in [0.2, 0.25) is 0 Å². The summed E-state index contributed by atoms with van der Waals surface area (Å²) in [6, 6.07) is 5.72. The summed E-state index contributed by atoms with van der Waals surface area (Å²) in [6.07, 6.45) is 2.56. The van der Waals surface area contributed by atoms with Crippen LogP contribution < -0.4 is 15.8 Å². The predicted octanol–water partition coefficient (Wildman–Crippen LogP) is 0.517. The van der Waals surface area contributed by atoms with Crippen LogP contribution in [0.3, 0.4) is 0 Å². The van der Waals surface area contributed by atoms with Crippen LogP contribution in [-0.4, -0.2) is 42.8 Å². The molecule has 1 unspecified atom stereocenters. The Hall–Kier alpha value is -2.87. The van der Waals surface area contributed by atoms with Gasteiger partial charge in [0.2, 0.25) is 11.8 Å². The Labute approximate surface area is 139 Å². The van der Waals surface area contributed by atoms with E-state index in [0.717, 1.165) is 5.56 Å². The van der Waals surface area contributed by atoms with Gasteiger partial charge in [0.05, 0.1) is 0 Å². The smallest absolute Gasteiger partial charge is 0.326 e. The molecule has 2 amide bonds. The molecular formula is C16H20N2O6. The fourth-order valence-corrected chi connectivity index (χ4v) is 1.74. The van der Waals surface area contributed by atoms with Crippen LogP contribution in [0, 0.1) is 0 Å². The Morgan fingerprint density at radius 1 is 1.29 bits per heavy atom. The van der Waals surface area contributed by atoms with Gasteiger partial charge in [-0.1, -0.05) is 12.1 Å². The number of hydrogen-bond donors (Lipinski definition) is 3. The number of amides is 2. The van der Waals surface area contributed by atoms with Crippen molar-refractivity contribution in [3.05, 3.63) is 35.9 Å². The zero-order valence-corrected chi connectivity index (χ0v) is 13.2. The molecule has 0 aliphatic carbocycles. The molecule has 130 valence electrons. The predicted molar refractivity (Wildman–Crippen MR) is 86.0 cm³/mol. The van der Waals surface area contributed by atoms with Gasteiger partial charge in [0.1, 0.15) is 11.8 Å². The Morgan fingerprint density at radius 3 is 2.50 bits per heavy atom. The molecule has 0 heterocycles. The maximum absolute atomic E-state index is 11.8. The minimum atomic E-state index is -1.22. The van der Waals surface area contributed by atoms with E-state index >= 15 is 0 Å². The van der Waals surface area contributed by atoms with Gasteiger partial charge in [-0.25, -0.2) is 4.79 Å². The summed E-state index contributed by atoms with van der Waals surface area (Å²) in [6.45, 7) is 0.138. The first-order valence-electron chi connectivity index (χ1n) is 7.14. The van der Waals surface area contributed by atoms with Gasteiger partial charge in [0.15, 0.2) is 6.79 Å². The first-order valence-corrected chi connectivity index (χ1v) is 7.14. The second-order valence-corrected chi connectivity index (χ2v) is 4.86. The largest absolute Gasteiger partial charge is 0.480 e. The molecule has 0 radical (unpaired) electrons. The molecule has 0 fully saturated rings. The number of methoxy groups -OCH3 is 1. The number of rotatable bonds is 10. The van der Waals surface area contributed by atoms with E-state index in [1.165, 1.54) is 19.3 Å². The maximum Gasteiger partial charge on any atom is 0.326 e. The molecule has 8 heteroatoms. The Bertz CT molecular complexity index is 597. The van der Waals surface area contributed by atoms with Crippen molar-refractivity contribution in [2.24, 2.45) is 5.73 Å². The van der Waals surface area contributed by atoms with Gasteiger partial charge in [-0.15, -0.1) is 0 Å². The van der Waals surface area contributed by atoms with Crippen molar-refractivity contribution < 1.29 is 29.0 Å². The zero-order chi connectivity index (χ0) is 17.9. The SMILES string of the molecule is COCOc1ccc(/C=C/C(=O)NC(CCC(N)=O)C(=O)O)cc1. The lowest BCUT2D eigenvalue weighted by Gasteiger charge is -2.11. The minimum Gasteiger partial charge on any atom is -0.480 e. The van der Waals surface area contributed by atoms with Gasteiger partial charge in [-0.05, 0) is 30.2 Å². The van der Waals surface area contributed by atoms with E-state index in [1.807, 2.05) is 0 Å². The molecular weight excluding hydrogens is 316 g/mol. The van der Waals surface area contributed by atoms with Crippen LogP contribution in [-0.2, 0) is 19.1 Å². The molecule has 1 rings (SSSR count). The molecule has 0 aliphatic heterocycles. The Morgan fingerprint density at radius 2 is 1.96 bits per heavy atom. The fourth-order valence-electron chi connectivity index (χ4n) is 1.74. The molecule has 4 N–H and O–H groups in total. The van der Waals surface area contributed by atoms with E-state index < -0.39 is 23.8 Å². The number of hydrogen-bond acceptors (Lipinski definition) is 5.